The normalized spacial score (nSPS) is 22.3. The van der Waals surface area contributed by atoms with Crippen LogP contribution in [-0.2, 0) is 4.79 Å². The Morgan fingerprint density at radius 3 is 2.73 bits per heavy atom. The van der Waals surface area contributed by atoms with E-state index in [4.69, 9.17) is 0 Å². The number of carbonyl (C=O) groups is 1. The van der Waals surface area contributed by atoms with Crippen LogP contribution in [0.3, 0.4) is 0 Å². The number of amides is 1. The van der Waals surface area contributed by atoms with E-state index in [1.807, 2.05) is 32.8 Å². The van der Waals surface area contributed by atoms with Gasteiger partial charge in [0.25, 0.3) is 0 Å². The average molecular weight is 213 g/mol. The van der Waals surface area contributed by atoms with Crippen molar-refractivity contribution in [2.75, 3.05) is 33.7 Å². The fraction of sp³-hybridized carbons (Fsp3) is 0.909. The average Bonchev–Trinajstić information content (AvgIpc) is 2.64. The predicted molar refractivity (Wildman–Crippen MR) is 61.8 cm³/mol. The minimum absolute atomic E-state index is 0.224. The smallest absolute Gasteiger partial charge is 0.236 e. The number of likely N-dealkylation sites (tertiary alicyclic amines) is 1. The maximum Gasteiger partial charge on any atom is 0.236 e. The molecule has 0 radical (unpaired) electrons. The minimum atomic E-state index is 0.224. The van der Waals surface area contributed by atoms with Crippen LogP contribution in [0.25, 0.3) is 0 Å². The Morgan fingerprint density at radius 1 is 1.60 bits per heavy atom. The zero-order chi connectivity index (χ0) is 11.4. The lowest BCUT2D eigenvalue weighted by atomic mass is 10.3. The summed E-state index contributed by atoms with van der Waals surface area (Å²) in [5.41, 5.74) is 0. The van der Waals surface area contributed by atoms with Gasteiger partial charge in [0.05, 0.1) is 6.54 Å². The molecule has 1 fully saturated rings. The Hall–Kier alpha value is -0.610. The highest BCUT2D eigenvalue weighted by atomic mass is 16.2. The van der Waals surface area contributed by atoms with Crippen molar-refractivity contribution in [2.24, 2.45) is 0 Å². The predicted octanol–water partition coefficient (Wildman–Crippen LogP) is 0.147. The van der Waals surface area contributed by atoms with E-state index in [2.05, 4.69) is 10.2 Å². The summed E-state index contributed by atoms with van der Waals surface area (Å²) >= 11 is 0. The molecule has 0 aromatic heterocycles. The van der Waals surface area contributed by atoms with E-state index in [9.17, 15) is 4.79 Å². The summed E-state index contributed by atoms with van der Waals surface area (Å²) in [7, 11) is 3.86. The summed E-state index contributed by atoms with van der Waals surface area (Å²) in [6, 6.07) is 0.849. The number of rotatable bonds is 4. The SMILES string of the molecule is CNC1CCN(CC(=O)N(C)C(C)C)C1. The fourth-order valence-corrected chi connectivity index (χ4v) is 1.80. The van der Waals surface area contributed by atoms with Crippen molar-refractivity contribution in [3.8, 4) is 0 Å². The molecule has 1 saturated heterocycles. The molecule has 0 saturated carbocycles. The second kappa shape index (κ2) is 5.47. The molecular weight excluding hydrogens is 190 g/mol. The van der Waals surface area contributed by atoms with E-state index < -0.39 is 0 Å². The molecule has 15 heavy (non-hydrogen) atoms. The Morgan fingerprint density at radius 2 is 2.27 bits per heavy atom. The molecule has 1 heterocycles. The number of nitrogens with one attached hydrogen (secondary N) is 1. The van der Waals surface area contributed by atoms with Crippen LogP contribution in [0.1, 0.15) is 20.3 Å². The van der Waals surface area contributed by atoms with Crippen LogP contribution < -0.4 is 5.32 Å². The van der Waals surface area contributed by atoms with E-state index in [0.717, 1.165) is 19.5 Å². The summed E-state index contributed by atoms with van der Waals surface area (Å²) < 4.78 is 0. The molecule has 4 nitrogen and oxygen atoms in total. The van der Waals surface area contributed by atoms with E-state index >= 15 is 0 Å². The highest BCUT2D eigenvalue weighted by Crippen LogP contribution is 2.08. The summed E-state index contributed by atoms with van der Waals surface area (Å²) in [4.78, 5) is 15.8. The van der Waals surface area contributed by atoms with Gasteiger partial charge in [-0.15, -0.1) is 0 Å². The van der Waals surface area contributed by atoms with Crippen LogP contribution in [0.15, 0.2) is 0 Å². The monoisotopic (exact) mass is 213 g/mol. The fourth-order valence-electron chi connectivity index (χ4n) is 1.80. The highest BCUT2D eigenvalue weighted by molar-refractivity contribution is 5.78. The van der Waals surface area contributed by atoms with E-state index in [1.54, 1.807) is 0 Å². The standard InChI is InChI=1S/C11H23N3O/c1-9(2)13(4)11(15)8-14-6-5-10(7-14)12-3/h9-10,12H,5-8H2,1-4H3. The van der Waals surface area contributed by atoms with Crippen molar-refractivity contribution < 1.29 is 4.79 Å². The molecule has 88 valence electrons. The van der Waals surface area contributed by atoms with Gasteiger partial charge in [0.15, 0.2) is 0 Å². The first-order valence-electron chi connectivity index (χ1n) is 5.70. The van der Waals surface area contributed by atoms with Gasteiger partial charge in [0, 0.05) is 32.2 Å². The molecule has 1 atom stereocenters. The number of likely N-dealkylation sites (N-methyl/N-ethyl adjacent to an activating group) is 2. The molecule has 0 aromatic carbocycles. The van der Waals surface area contributed by atoms with Gasteiger partial charge in [0.2, 0.25) is 5.91 Å². The van der Waals surface area contributed by atoms with Crippen LogP contribution in [0.2, 0.25) is 0 Å². The zero-order valence-corrected chi connectivity index (χ0v) is 10.3. The van der Waals surface area contributed by atoms with Gasteiger partial charge in [-0.3, -0.25) is 9.69 Å². The van der Waals surface area contributed by atoms with Gasteiger partial charge in [-0.25, -0.2) is 0 Å². The van der Waals surface area contributed by atoms with Crippen molar-refractivity contribution in [3.63, 3.8) is 0 Å². The first-order chi connectivity index (χ1) is 7.04. The van der Waals surface area contributed by atoms with Crippen LogP contribution in [0, 0.1) is 0 Å². The molecular formula is C11H23N3O. The molecule has 0 spiro atoms. The Kier molecular flexibility index (Phi) is 4.54. The topological polar surface area (TPSA) is 35.6 Å². The first kappa shape index (κ1) is 12.5. The number of hydrogen-bond donors (Lipinski definition) is 1. The number of nitrogens with zero attached hydrogens (tertiary/aromatic N) is 2. The van der Waals surface area contributed by atoms with Gasteiger partial charge < -0.3 is 10.2 Å². The van der Waals surface area contributed by atoms with E-state index in [-0.39, 0.29) is 5.91 Å². The van der Waals surface area contributed by atoms with Crippen LogP contribution in [0.4, 0.5) is 0 Å². The van der Waals surface area contributed by atoms with Crippen molar-refractivity contribution >= 4 is 5.91 Å². The van der Waals surface area contributed by atoms with Crippen molar-refractivity contribution in [1.29, 1.82) is 0 Å². The summed E-state index contributed by atoms with van der Waals surface area (Å²) in [5, 5.41) is 3.25. The van der Waals surface area contributed by atoms with Crippen LogP contribution in [-0.4, -0.2) is 61.5 Å². The summed E-state index contributed by atoms with van der Waals surface area (Å²) in [6.07, 6.45) is 1.15. The highest BCUT2D eigenvalue weighted by Gasteiger charge is 2.24. The third-order valence-electron chi connectivity index (χ3n) is 3.21. The Labute approximate surface area is 92.6 Å². The van der Waals surface area contributed by atoms with E-state index in [0.29, 0.717) is 18.6 Å². The molecule has 0 aromatic rings. The maximum absolute atomic E-state index is 11.8. The molecule has 1 amide bonds. The lowest BCUT2D eigenvalue weighted by Gasteiger charge is -2.24. The summed E-state index contributed by atoms with van der Waals surface area (Å²) in [6.45, 7) is 6.67. The van der Waals surface area contributed by atoms with Gasteiger partial charge in [-0.05, 0) is 27.3 Å². The van der Waals surface area contributed by atoms with Crippen molar-refractivity contribution in [3.05, 3.63) is 0 Å². The van der Waals surface area contributed by atoms with Crippen molar-refractivity contribution in [2.45, 2.75) is 32.4 Å². The first-order valence-corrected chi connectivity index (χ1v) is 5.70. The van der Waals surface area contributed by atoms with Gasteiger partial charge in [-0.1, -0.05) is 0 Å². The molecule has 1 rings (SSSR count). The summed E-state index contributed by atoms with van der Waals surface area (Å²) in [5.74, 6) is 0.224. The molecule has 1 unspecified atom stereocenters. The third kappa shape index (κ3) is 3.47. The molecule has 1 aliphatic rings. The molecule has 1 aliphatic heterocycles. The van der Waals surface area contributed by atoms with Gasteiger partial charge in [-0.2, -0.15) is 0 Å². The Balaban J connectivity index is 2.33. The van der Waals surface area contributed by atoms with Crippen LogP contribution >= 0.6 is 0 Å². The van der Waals surface area contributed by atoms with Crippen LogP contribution in [0.5, 0.6) is 0 Å². The molecule has 0 bridgehead atoms. The van der Waals surface area contributed by atoms with Gasteiger partial charge >= 0.3 is 0 Å². The zero-order valence-electron chi connectivity index (χ0n) is 10.3. The number of carbonyl (C=O) groups excluding carboxylic acids is 1. The second-order valence-electron chi connectivity index (χ2n) is 4.61. The Bertz CT molecular complexity index is 218. The van der Waals surface area contributed by atoms with Gasteiger partial charge in [0.1, 0.15) is 0 Å². The van der Waals surface area contributed by atoms with Crippen molar-refractivity contribution in [1.82, 2.24) is 15.1 Å². The lowest BCUT2D eigenvalue weighted by Crippen LogP contribution is -2.41. The molecule has 0 aliphatic carbocycles. The largest absolute Gasteiger partial charge is 0.342 e. The maximum atomic E-state index is 11.8. The van der Waals surface area contributed by atoms with E-state index in [1.165, 1.54) is 0 Å². The molecule has 1 N–H and O–H groups in total. The minimum Gasteiger partial charge on any atom is -0.342 e. The quantitative estimate of drug-likeness (QED) is 0.722. The molecule has 4 heteroatoms. The second-order valence-corrected chi connectivity index (χ2v) is 4.61. The number of hydrogen-bond acceptors (Lipinski definition) is 3. The third-order valence-corrected chi connectivity index (χ3v) is 3.21. The lowest BCUT2D eigenvalue weighted by molar-refractivity contribution is -0.132.